The number of non-ortho nitro benzene ring substituents is 1. The number of carbonyl (C=O) groups is 1. The molecule has 1 aromatic rings. The number of nitro benzene ring substituents is 1. The first-order valence-corrected chi connectivity index (χ1v) is 4.74. The summed E-state index contributed by atoms with van der Waals surface area (Å²) in [5, 5.41) is 10.6. The zero-order valence-corrected chi connectivity index (χ0v) is 9.38. The van der Waals surface area contributed by atoms with E-state index in [9.17, 15) is 14.9 Å². The number of amides is 1. The van der Waals surface area contributed by atoms with Gasteiger partial charge in [0, 0.05) is 6.07 Å². The molecule has 0 aliphatic heterocycles. The molecule has 7 heteroatoms. The Morgan fingerprint density at radius 2 is 2.12 bits per heavy atom. The number of primary amides is 1. The van der Waals surface area contributed by atoms with E-state index in [-0.39, 0.29) is 11.4 Å². The maximum atomic E-state index is 10.8. The largest absolute Gasteiger partial charge is 0.493 e. The number of carbonyl (C=O) groups excluding carboxylic acids is 1. The van der Waals surface area contributed by atoms with Crippen molar-refractivity contribution in [1.29, 1.82) is 0 Å². The van der Waals surface area contributed by atoms with Crippen LogP contribution in [0, 0.1) is 10.1 Å². The average molecular weight is 240 g/mol. The van der Waals surface area contributed by atoms with E-state index in [1.54, 1.807) is 0 Å². The van der Waals surface area contributed by atoms with Gasteiger partial charge in [-0.25, -0.2) is 0 Å². The SMILES string of the molecule is COc1ccc([N+](=O)[O-])cc1O[C@H](C)C(N)=O. The lowest BCUT2D eigenvalue weighted by Gasteiger charge is -2.13. The van der Waals surface area contributed by atoms with Crippen LogP contribution in [-0.4, -0.2) is 24.0 Å². The molecule has 0 heterocycles. The van der Waals surface area contributed by atoms with Gasteiger partial charge in [0.1, 0.15) is 0 Å². The van der Waals surface area contributed by atoms with Crippen molar-refractivity contribution in [2.75, 3.05) is 7.11 Å². The first-order chi connectivity index (χ1) is 7.95. The van der Waals surface area contributed by atoms with Gasteiger partial charge in [-0.3, -0.25) is 14.9 Å². The Balaban J connectivity index is 3.06. The molecule has 17 heavy (non-hydrogen) atoms. The van der Waals surface area contributed by atoms with Gasteiger partial charge in [0.2, 0.25) is 0 Å². The van der Waals surface area contributed by atoms with Crippen molar-refractivity contribution in [3.8, 4) is 11.5 Å². The number of benzene rings is 1. The molecule has 0 bridgehead atoms. The highest BCUT2D eigenvalue weighted by Gasteiger charge is 2.17. The van der Waals surface area contributed by atoms with Crippen LogP contribution in [0.2, 0.25) is 0 Å². The van der Waals surface area contributed by atoms with Crippen molar-refractivity contribution in [3.63, 3.8) is 0 Å². The molecule has 7 nitrogen and oxygen atoms in total. The van der Waals surface area contributed by atoms with Crippen LogP contribution in [0.15, 0.2) is 18.2 Å². The smallest absolute Gasteiger partial charge is 0.273 e. The van der Waals surface area contributed by atoms with Crippen molar-refractivity contribution in [2.24, 2.45) is 5.73 Å². The van der Waals surface area contributed by atoms with Crippen LogP contribution >= 0.6 is 0 Å². The van der Waals surface area contributed by atoms with Gasteiger partial charge in [-0.05, 0) is 13.0 Å². The Kier molecular flexibility index (Phi) is 3.86. The number of hydrogen-bond donors (Lipinski definition) is 1. The van der Waals surface area contributed by atoms with Crippen molar-refractivity contribution >= 4 is 11.6 Å². The zero-order chi connectivity index (χ0) is 13.0. The molecule has 92 valence electrons. The normalized spacial score (nSPS) is 11.6. The molecule has 1 rings (SSSR count). The van der Waals surface area contributed by atoms with Gasteiger partial charge in [-0.15, -0.1) is 0 Å². The first kappa shape index (κ1) is 12.8. The lowest BCUT2D eigenvalue weighted by Crippen LogP contribution is -2.30. The highest BCUT2D eigenvalue weighted by Crippen LogP contribution is 2.31. The second-order valence-corrected chi connectivity index (χ2v) is 3.25. The van der Waals surface area contributed by atoms with Crippen LogP contribution in [-0.2, 0) is 4.79 Å². The summed E-state index contributed by atoms with van der Waals surface area (Å²) in [5.74, 6) is -0.268. The molecular weight excluding hydrogens is 228 g/mol. The van der Waals surface area contributed by atoms with E-state index < -0.39 is 16.9 Å². The monoisotopic (exact) mass is 240 g/mol. The van der Waals surface area contributed by atoms with E-state index in [2.05, 4.69) is 0 Å². The van der Waals surface area contributed by atoms with E-state index in [4.69, 9.17) is 15.2 Å². The van der Waals surface area contributed by atoms with Crippen molar-refractivity contribution in [3.05, 3.63) is 28.3 Å². The predicted molar refractivity (Wildman–Crippen MR) is 58.9 cm³/mol. The molecular formula is C10H12N2O5. The number of rotatable bonds is 5. The lowest BCUT2D eigenvalue weighted by molar-refractivity contribution is -0.385. The number of ether oxygens (including phenoxy) is 2. The van der Waals surface area contributed by atoms with Crippen molar-refractivity contribution < 1.29 is 19.2 Å². The number of methoxy groups -OCH3 is 1. The van der Waals surface area contributed by atoms with E-state index in [1.165, 1.54) is 32.2 Å². The minimum Gasteiger partial charge on any atom is -0.493 e. The summed E-state index contributed by atoms with van der Waals surface area (Å²) in [7, 11) is 1.39. The molecule has 1 atom stereocenters. The number of nitro groups is 1. The summed E-state index contributed by atoms with van der Waals surface area (Å²) in [6, 6.07) is 3.85. The Morgan fingerprint density at radius 1 is 1.47 bits per heavy atom. The minimum absolute atomic E-state index is 0.105. The molecule has 0 aliphatic rings. The van der Waals surface area contributed by atoms with E-state index in [0.717, 1.165) is 0 Å². The molecule has 0 radical (unpaired) electrons. The predicted octanol–water partition coefficient (Wildman–Crippen LogP) is 0.856. The topological polar surface area (TPSA) is 105 Å². The van der Waals surface area contributed by atoms with Gasteiger partial charge in [-0.2, -0.15) is 0 Å². The van der Waals surface area contributed by atoms with Gasteiger partial charge in [-0.1, -0.05) is 0 Å². The molecule has 1 amide bonds. The first-order valence-electron chi connectivity index (χ1n) is 4.74. The fraction of sp³-hybridized carbons (Fsp3) is 0.300. The summed E-state index contributed by atoms with van der Waals surface area (Å²) in [4.78, 5) is 20.9. The molecule has 0 saturated heterocycles. The maximum Gasteiger partial charge on any atom is 0.273 e. The summed E-state index contributed by atoms with van der Waals surface area (Å²) in [6.45, 7) is 1.45. The fourth-order valence-corrected chi connectivity index (χ4v) is 1.12. The third kappa shape index (κ3) is 3.07. The van der Waals surface area contributed by atoms with Gasteiger partial charge in [0.15, 0.2) is 17.6 Å². The maximum absolute atomic E-state index is 10.8. The summed E-state index contributed by atoms with van der Waals surface area (Å²) in [6.07, 6.45) is -0.897. The molecule has 1 aromatic carbocycles. The highest BCUT2D eigenvalue weighted by atomic mass is 16.6. The van der Waals surface area contributed by atoms with Gasteiger partial charge < -0.3 is 15.2 Å². The van der Waals surface area contributed by atoms with Crippen LogP contribution < -0.4 is 15.2 Å². The van der Waals surface area contributed by atoms with E-state index in [1.807, 2.05) is 0 Å². The third-order valence-electron chi connectivity index (χ3n) is 2.06. The third-order valence-corrected chi connectivity index (χ3v) is 2.06. The van der Waals surface area contributed by atoms with Crippen LogP contribution in [0.5, 0.6) is 11.5 Å². The molecule has 0 unspecified atom stereocenters. The quantitative estimate of drug-likeness (QED) is 0.606. The Morgan fingerprint density at radius 3 is 2.59 bits per heavy atom. The minimum atomic E-state index is -0.897. The Hall–Kier alpha value is -2.31. The van der Waals surface area contributed by atoms with E-state index >= 15 is 0 Å². The van der Waals surface area contributed by atoms with E-state index in [0.29, 0.717) is 5.75 Å². The average Bonchev–Trinajstić information content (AvgIpc) is 2.28. The fourth-order valence-electron chi connectivity index (χ4n) is 1.12. The second kappa shape index (κ2) is 5.15. The molecule has 0 aromatic heterocycles. The zero-order valence-electron chi connectivity index (χ0n) is 9.38. The highest BCUT2D eigenvalue weighted by molar-refractivity contribution is 5.78. The molecule has 0 fully saturated rings. The Labute approximate surface area is 97.3 Å². The number of nitrogens with two attached hydrogens (primary N) is 1. The standard InChI is InChI=1S/C10H12N2O5/c1-6(10(11)13)17-9-5-7(12(14)15)3-4-8(9)16-2/h3-6H,1-2H3,(H2,11,13)/t6-/m1/s1. The van der Waals surface area contributed by atoms with Crippen molar-refractivity contribution in [1.82, 2.24) is 0 Å². The molecule has 0 saturated carbocycles. The van der Waals surface area contributed by atoms with Crippen LogP contribution in [0.4, 0.5) is 5.69 Å². The summed E-state index contributed by atoms with van der Waals surface area (Å²) >= 11 is 0. The van der Waals surface area contributed by atoms with Gasteiger partial charge >= 0.3 is 0 Å². The summed E-state index contributed by atoms with van der Waals surface area (Å²) < 4.78 is 10.1. The van der Waals surface area contributed by atoms with Gasteiger partial charge in [0.25, 0.3) is 11.6 Å². The van der Waals surface area contributed by atoms with Crippen LogP contribution in [0.25, 0.3) is 0 Å². The molecule has 2 N–H and O–H groups in total. The molecule has 0 aliphatic carbocycles. The molecule has 0 spiro atoms. The lowest BCUT2D eigenvalue weighted by atomic mass is 10.2. The van der Waals surface area contributed by atoms with Crippen LogP contribution in [0.3, 0.4) is 0 Å². The number of hydrogen-bond acceptors (Lipinski definition) is 5. The second-order valence-electron chi connectivity index (χ2n) is 3.25. The van der Waals surface area contributed by atoms with Crippen LogP contribution in [0.1, 0.15) is 6.92 Å². The van der Waals surface area contributed by atoms with Crippen molar-refractivity contribution in [2.45, 2.75) is 13.0 Å². The Bertz CT molecular complexity index is 446. The van der Waals surface area contributed by atoms with Gasteiger partial charge in [0.05, 0.1) is 18.1 Å². The number of nitrogens with zero attached hydrogens (tertiary/aromatic N) is 1. The summed E-state index contributed by atoms with van der Waals surface area (Å²) in [5.41, 5.74) is 4.88.